The van der Waals surface area contributed by atoms with Crippen molar-refractivity contribution >= 4 is 200 Å². The number of methoxy groups -OCH3 is 6. The van der Waals surface area contributed by atoms with Crippen molar-refractivity contribution in [3.63, 3.8) is 0 Å². The fraction of sp³-hybridized carbons (Fsp3) is 0.0962. The second kappa shape index (κ2) is 41.0. The standard InChI is InChI=1S/C40H29N4O6.C38H25N4O6.C26H21N4O4.3Mn/c1-49-37(47)19-23-3-7-25(8-4-23)39-33-15-11-29(41-33)27(21-45)31-13-17-35(43-31)40(26-9-5-24(6-10-26)20-38(48)50-2)36-18-14-32(44-36)28(22-46)30-12-16-34(39)42-30;1-47-37(45)23-7-3-21(4-8-23)35-31-15-11-27(39-31)25(19-43)29-13-17-33(41-29)36(22-5-9-24(10-6-22)38(46)48-2)34-18-14-30(42-34)26(20-44)28-12-16-32(35)40-28;1-13-15-5-9-19(27-15)23(25(31)33-3)21-11-7-17(29-21)14(2)18-8-12-22(30-18)24(26(32)34-4)20-10-6-16(13)28-20;;;/h3-18,21-22H,19-20H2,1-2H3,(H-,41,42,43,44,45,46);3-20H,1-2H3,(H-,39,40,41,42,43,44,45,46);5-12H,1-4H3,(H-,27,28,29,30,31,32);;;/q3*-1;3*+3/p-3. The first kappa shape index (κ1) is 94.8. The number of esters is 6. The fourth-order valence-corrected chi connectivity index (χ4v) is 15.8. The smallest absolute Gasteiger partial charge is 0.657 e. The van der Waals surface area contributed by atoms with E-state index >= 15 is 0 Å². The van der Waals surface area contributed by atoms with Crippen LogP contribution in [0, 0.1) is 13.8 Å². The summed E-state index contributed by atoms with van der Waals surface area (Å²) in [5.74, 6) is -2.68. The van der Waals surface area contributed by atoms with Gasteiger partial charge < -0.3 is 58.3 Å². The Morgan fingerprint density at radius 3 is 0.719 bits per heavy atom. The number of hydrogen-bond acceptors (Lipinski definition) is 22. The van der Waals surface area contributed by atoms with Gasteiger partial charge in [0.05, 0.1) is 146 Å². The van der Waals surface area contributed by atoms with Crippen LogP contribution < -0.4 is 29.9 Å². The zero-order valence-corrected chi connectivity index (χ0v) is 76.4. The first-order valence-electron chi connectivity index (χ1n) is 41.0. The number of ether oxygens (including phenoxy) is 6. The Bertz CT molecular complexity index is 7380. The summed E-state index contributed by atoms with van der Waals surface area (Å²) in [5.41, 5.74) is 23.3. The molecule has 0 unspecified atom stereocenters. The molecule has 0 radical (unpaired) electrons. The third kappa shape index (κ3) is 19.0. The molecule has 0 aliphatic carbocycles. The number of aromatic nitrogens is 12. The minimum absolute atomic E-state index is 0. The summed E-state index contributed by atoms with van der Waals surface area (Å²) in [6.45, 7) is 3.76. The normalized spacial score (nSPS) is 11.6. The average molecular weight is 1910 g/mol. The molecule has 28 nitrogen and oxygen atoms in total. The zero-order chi connectivity index (χ0) is 92.1. The third-order valence-electron chi connectivity index (χ3n) is 22.6. The molecule has 0 N–H and O–H groups in total. The van der Waals surface area contributed by atoms with Crippen molar-refractivity contribution < 1.29 is 128 Å². The first-order valence-corrected chi connectivity index (χ1v) is 41.0. The molecule has 24 bridgehead atoms. The largest absolute Gasteiger partial charge is 3.00 e. The number of aryl methyl sites for hydroxylation is 2. The van der Waals surface area contributed by atoms with Gasteiger partial charge in [-0.05, 0) is 178 Å². The molecule has 6 aliphatic heterocycles. The van der Waals surface area contributed by atoms with Crippen LogP contribution in [0.15, 0.2) is 170 Å². The van der Waals surface area contributed by atoms with Crippen molar-refractivity contribution in [1.82, 2.24) is 59.8 Å². The van der Waals surface area contributed by atoms with Crippen LogP contribution in [0.4, 0.5) is 0 Å². The molecular formula is C104H72Mn3N12O16+3. The minimum Gasteiger partial charge on any atom is -0.657 e. The molecule has 0 amide bonds. The van der Waals surface area contributed by atoms with E-state index in [0.29, 0.717) is 190 Å². The number of nitrogens with zero attached hydrogens (tertiary/aromatic N) is 12. The predicted octanol–water partition coefficient (Wildman–Crippen LogP) is 16.8. The number of carbonyl (C=O) groups excluding carboxylic acids is 10. The molecule has 0 fully saturated rings. The quantitative estimate of drug-likeness (QED) is 0.0375. The number of hydrogen-bond donors (Lipinski definition) is 0. The Morgan fingerprint density at radius 1 is 0.244 bits per heavy atom. The summed E-state index contributed by atoms with van der Waals surface area (Å²) >= 11 is 0. The molecule has 6 aliphatic rings. The van der Waals surface area contributed by atoms with E-state index in [-0.39, 0.29) is 98.2 Å². The number of fused-ring (bicyclic) bond motifs is 24. The second-order valence-corrected chi connectivity index (χ2v) is 30.2. The molecule has 4 aromatic carbocycles. The molecule has 0 saturated heterocycles. The van der Waals surface area contributed by atoms with Crippen molar-refractivity contribution in [2.45, 2.75) is 26.7 Å². The molecular weight excluding hydrogens is 1840 g/mol. The van der Waals surface area contributed by atoms with Crippen molar-refractivity contribution in [2.75, 3.05) is 42.7 Å². The SMILES string of the molecule is COC(=O)Cc1ccc(-c2c3nc(c(C=O)c4ccc([n-]4)c(-c4ccc(CC(=O)OC)cc4)c4nc(c(C=O)c5ccc2[n-]5)C=C4)C=C3)cc1.COC(=O)c1c2nc(c(C)c3ccc([n-]3)c(C(=O)OC)c3nc(c(C)c4ccc1[n-]4)C=C3)C=C2.COC(=O)c1ccc(-c2c3nc(c(C=O)c4ccc([n-]4)c(-c4ccc(C(=O)OC)cc4)c4nc(c(C=O)c5ccc2[n-]5)C=C4)C=C3)cc1.[Mn+3].[Mn+3].[Mn+3]. The van der Waals surface area contributed by atoms with Crippen LogP contribution >= 0.6 is 0 Å². The summed E-state index contributed by atoms with van der Waals surface area (Å²) in [4.78, 5) is 181. The summed E-state index contributed by atoms with van der Waals surface area (Å²) < 4.78 is 29.4. The Kier molecular flexibility index (Phi) is 28.8. The van der Waals surface area contributed by atoms with Crippen LogP contribution in [0.25, 0.3) is 184 Å². The van der Waals surface area contributed by atoms with E-state index in [0.717, 1.165) is 58.5 Å². The van der Waals surface area contributed by atoms with Crippen LogP contribution in [0.1, 0.15) is 173 Å². The van der Waals surface area contributed by atoms with Gasteiger partial charge in [-0.3, -0.25) is 28.8 Å². The van der Waals surface area contributed by atoms with E-state index in [4.69, 9.17) is 68.3 Å². The van der Waals surface area contributed by atoms with Gasteiger partial charge in [0.1, 0.15) is 0 Å². The van der Waals surface area contributed by atoms with Crippen LogP contribution in [-0.2, 0) is 102 Å². The Balaban J connectivity index is 0.000000163. The van der Waals surface area contributed by atoms with E-state index < -0.39 is 23.9 Å². The second-order valence-electron chi connectivity index (χ2n) is 30.2. The van der Waals surface area contributed by atoms with Gasteiger partial charge in [0.2, 0.25) is 0 Å². The molecule has 662 valence electrons. The molecule has 9 aromatic heterocycles. The molecule has 13 aromatic rings. The number of carbonyl (C=O) groups is 10. The van der Waals surface area contributed by atoms with E-state index in [2.05, 4.69) is 19.9 Å². The van der Waals surface area contributed by atoms with Crippen molar-refractivity contribution in [3.8, 4) is 44.5 Å². The molecule has 19 rings (SSSR count). The Labute approximate surface area is 800 Å². The molecule has 31 heteroatoms. The van der Waals surface area contributed by atoms with Crippen molar-refractivity contribution in [1.29, 1.82) is 0 Å². The van der Waals surface area contributed by atoms with Crippen LogP contribution in [-0.4, -0.2) is 134 Å². The van der Waals surface area contributed by atoms with Crippen LogP contribution in [0.2, 0.25) is 0 Å². The van der Waals surface area contributed by atoms with Gasteiger partial charge in [-0.2, -0.15) is 0 Å². The predicted molar refractivity (Wildman–Crippen MR) is 500 cm³/mol. The monoisotopic (exact) mass is 1910 g/mol. The minimum atomic E-state index is -0.523. The van der Waals surface area contributed by atoms with Crippen LogP contribution in [0.3, 0.4) is 0 Å². The zero-order valence-electron chi connectivity index (χ0n) is 72.9. The molecule has 0 saturated carbocycles. The van der Waals surface area contributed by atoms with Crippen LogP contribution in [0.5, 0.6) is 0 Å². The van der Waals surface area contributed by atoms with Crippen molar-refractivity contribution in [3.05, 3.63) is 305 Å². The van der Waals surface area contributed by atoms with Gasteiger partial charge in [0.15, 0.2) is 25.1 Å². The van der Waals surface area contributed by atoms with E-state index in [1.165, 1.54) is 42.7 Å². The van der Waals surface area contributed by atoms with Gasteiger partial charge >= 0.3 is 87.0 Å². The first-order chi connectivity index (χ1) is 64.2. The molecule has 15 heterocycles. The maximum Gasteiger partial charge on any atom is 3.00 e. The summed E-state index contributed by atoms with van der Waals surface area (Å²) in [7, 11) is 7.99. The van der Waals surface area contributed by atoms with Gasteiger partial charge in [0.25, 0.3) is 0 Å². The summed E-state index contributed by atoms with van der Waals surface area (Å²) in [6, 6.07) is 49.9. The van der Waals surface area contributed by atoms with Gasteiger partial charge in [-0.25, -0.2) is 49.1 Å². The number of benzene rings is 4. The topological polar surface area (TPSA) is 388 Å². The number of rotatable bonds is 16. The van der Waals surface area contributed by atoms with Gasteiger partial charge in [0, 0.05) is 22.3 Å². The van der Waals surface area contributed by atoms with Gasteiger partial charge in [-0.15, -0.1) is 66.2 Å². The average Bonchev–Trinajstić information content (AvgIpc) is 1.63. The van der Waals surface area contributed by atoms with E-state index in [1.54, 1.807) is 146 Å². The van der Waals surface area contributed by atoms with E-state index in [1.807, 2.05) is 111 Å². The maximum absolute atomic E-state index is 12.7. The third-order valence-corrected chi connectivity index (χ3v) is 22.6. The maximum atomic E-state index is 12.7. The summed E-state index contributed by atoms with van der Waals surface area (Å²) in [5, 5.41) is 0. The van der Waals surface area contributed by atoms with E-state index in [9.17, 15) is 47.9 Å². The number of aldehydes is 4. The Morgan fingerprint density at radius 2 is 0.459 bits per heavy atom. The Hall–Kier alpha value is -16.3. The molecule has 135 heavy (non-hydrogen) atoms. The molecule has 0 atom stereocenters. The van der Waals surface area contributed by atoms with Crippen molar-refractivity contribution in [2.24, 2.45) is 0 Å². The van der Waals surface area contributed by atoms with Gasteiger partial charge in [-0.1, -0.05) is 146 Å². The molecule has 0 spiro atoms. The fourth-order valence-electron chi connectivity index (χ4n) is 15.8. The summed E-state index contributed by atoms with van der Waals surface area (Å²) in [6.07, 6.45) is 24.5.